The van der Waals surface area contributed by atoms with Gasteiger partial charge in [0, 0.05) is 5.56 Å². The molecule has 2 aromatic rings. The molecule has 108 valence electrons. The quantitative estimate of drug-likeness (QED) is 0.797. The van der Waals surface area contributed by atoms with E-state index >= 15 is 0 Å². The summed E-state index contributed by atoms with van der Waals surface area (Å²) in [6.07, 6.45) is -4.33. The van der Waals surface area contributed by atoms with E-state index in [4.69, 9.17) is 11.6 Å². The van der Waals surface area contributed by atoms with E-state index in [1.807, 2.05) is 30.3 Å². The van der Waals surface area contributed by atoms with Gasteiger partial charge in [-0.1, -0.05) is 30.3 Å². The van der Waals surface area contributed by atoms with Gasteiger partial charge in [0.05, 0.1) is 13.2 Å². The highest BCUT2D eigenvalue weighted by molar-refractivity contribution is 6.28. The van der Waals surface area contributed by atoms with Crippen molar-refractivity contribution in [1.29, 1.82) is 0 Å². The molecule has 2 rings (SSSR count). The van der Waals surface area contributed by atoms with Crippen LogP contribution in [-0.4, -0.2) is 34.2 Å². The summed E-state index contributed by atoms with van der Waals surface area (Å²) in [4.78, 5) is 0. The molecule has 0 aliphatic rings. The van der Waals surface area contributed by atoms with Crippen LogP contribution in [0.4, 0.5) is 13.2 Å². The minimum atomic E-state index is -4.33. The molecule has 0 saturated heterocycles. The molecule has 20 heavy (non-hydrogen) atoms. The van der Waals surface area contributed by atoms with Crippen LogP contribution in [0.5, 0.6) is 0 Å². The topological polar surface area (TPSA) is 39.9 Å². The summed E-state index contributed by atoms with van der Waals surface area (Å²) in [7, 11) is 0. The molecule has 0 bridgehead atoms. The van der Waals surface area contributed by atoms with Crippen molar-refractivity contribution in [1.82, 2.24) is 14.8 Å². The lowest BCUT2D eigenvalue weighted by Crippen LogP contribution is -2.19. The normalized spacial score (nSPS) is 11.8. The molecule has 0 amide bonds. The lowest BCUT2D eigenvalue weighted by atomic mass is 10.2. The van der Waals surface area contributed by atoms with E-state index in [2.05, 4.69) is 14.9 Å². The second-order valence-corrected chi connectivity index (χ2v) is 4.32. The average molecular weight is 306 g/mol. The molecule has 0 atom stereocenters. The van der Waals surface area contributed by atoms with Gasteiger partial charge >= 0.3 is 6.18 Å². The highest BCUT2D eigenvalue weighted by Gasteiger charge is 2.27. The van der Waals surface area contributed by atoms with Crippen molar-refractivity contribution in [2.45, 2.75) is 12.7 Å². The molecule has 4 nitrogen and oxygen atoms in total. The molecule has 0 radical (unpaired) electrons. The number of nitrogens with zero attached hydrogens (tertiary/aromatic N) is 3. The fraction of sp³-hybridized carbons (Fsp3) is 0.333. The van der Waals surface area contributed by atoms with Gasteiger partial charge in [-0.15, -0.1) is 10.2 Å². The van der Waals surface area contributed by atoms with E-state index < -0.39 is 12.8 Å². The molecule has 0 unspecified atom stereocenters. The number of halogens is 4. The van der Waals surface area contributed by atoms with Crippen molar-refractivity contribution in [2.24, 2.45) is 0 Å². The number of ether oxygens (including phenoxy) is 1. The van der Waals surface area contributed by atoms with Gasteiger partial charge in [-0.3, -0.25) is 4.57 Å². The SMILES string of the molecule is FC(F)(F)COCCn1c(Cl)nnc1-c1ccccc1. The Morgan fingerprint density at radius 3 is 2.50 bits per heavy atom. The predicted molar refractivity (Wildman–Crippen MR) is 67.3 cm³/mol. The molecule has 8 heteroatoms. The van der Waals surface area contributed by atoms with E-state index in [-0.39, 0.29) is 18.4 Å². The Bertz CT molecular complexity index is 557. The maximum absolute atomic E-state index is 12.0. The Kier molecular flexibility index (Phi) is 4.61. The molecule has 1 aromatic carbocycles. The van der Waals surface area contributed by atoms with Gasteiger partial charge in [0.1, 0.15) is 6.61 Å². The number of alkyl halides is 3. The van der Waals surface area contributed by atoms with Crippen LogP contribution < -0.4 is 0 Å². The zero-order valence-corrected chi connectivity index (χ0v) is 11.0. The fourth-order valence-electron chi connectivity index (χ4n) is 1.63. The van der Waals surface area contributed by atoms with E-state index in [9.17, 15) is 13.2 Å². The summed E-state index contributed by atoms with van der Waals surface area (Å²) >= 11 is 5.88. The molecular formula is C12H11ClF3N3O. The van der Waals surface area contributed by atoms with Gasteiger partial charge < -0.3 is 4.74 Å². The Hall–Kier alpha value is -1.60. The number of hydrogen-bond donors (Lipinski definition) is 0. The number of aromatic nitrogens is 3. The van der Waals surface area contributed by atoms with Crippen molar-refractivity contribution in [2.75, 3.05) is 13.2 Å². The largest absolute Gasteiger partial charge is 0.411 e. The maximum Gasteiger partial charge on any atom is 0.411 e. The van der Waals surface area contributed by atoms with E-state index in [1.165, 1.54) is 4.57 Å². The molecule has 0 N–H and O–H groups in total. The van der Waals surface area contributed by atoms with E-state index in [1.54, 1.807) is 0 Å². The summed E-state index contributed by atoms with van der Waals surface area (Å²) in [6.45, 7) is -1.27. The zero-order chi connectivity index (χ0) is 14.6. The molecule has 0 aliphatic heterocycles. The van der Waals surface area contributed by atoms with Crippen molar-refractivity contribution >= 4 is 11.6 Å². The zero-order valence-electron chi connectivity index (χ0n) is 10.3. The molecule has 0 saturated carbocycles. The third-order valence-electron chi connectivity index (χ3n) is 2.46. The van der Waals surface area contributed by atoms with Crippen LogP contribution in [-0.2, 0) is 11.3 Å². The van der Waals surface area contributed by atoms with Crippen molar-refractivity contribution in [3.05, 3.63) is 35.6 Å². The molecule has 0 fully saturated rings. The van der Waals surface area contributed by atoms with Gasteiger partial charge in [0.25, 0.3) is 0 Å². The first kappa shape index (κ1) is 14.8. The first-order valence-electron chi connectivity index (χ1n) is 5.76. The highest BCUT2D eigenvalue weighted by Crippen LogP contribution is 2.20. The van der Waals surface area contributed by atoms with Crippen LogP contribution in [0.15, 0.2) is 30.3 Å². The minimum absolute atomic E-state index is 0.111. The van der Waals surface area contributed by atoms with Gasteiger partial charge in [0.2, 0.25) is 5.28 Å². The lowest BCUT2D eigenvalue weighted by molar-refractivity contribution is -0.174. The molecule has 1 heterocycles. The van der Waals surface area contributed by atoms with Crippen molar-refractivity contribution in [3.8, 4) is 11.4 Å². The second kappa shape index (κ2) is 6.23. The first-order chi connectivity index (χ1) is 9.47. The summed E-state index contributed by atoms with van der Waals surface area (Å²) in [5.41, 5.74) is 0.780. The molecule has 1 aromatic heterocycles. The van der Waals surface area contributed by atoms with Crippen LogP contribution in [0.3, 0.4) is 0 Å². The molecule has 0 aliphatic carbocycles. The fourth-order valence-corrected chi connectivity index (χ4v) is 1.83. The van der Waals surface area contributed by atoms with Crippen LogP contribution >= 0.6 is 11.6 Å². The van der Waals surface area contributed by atoms with Gasteiger partial charge in [-0.2, -0.15) is 13.2 Å². The van der Waals surface area contributed by atoms with Crippen LogP contribution in [0.1, 0.15) is 0 Å². The first-order valence-corrected chi connectivity index (χ1v) is 6.14. The number of hydrogen-bond acceptors (Lipinski definition) is 3. The molecule has 0 spiro atoms. The standard InChI is InChI=1S/C12H11ClF3N3O/c13-11-18-17-10(9-4-2-1-3-5-9)19(11)6-7-20-8-12(14,15)16/h1-5H,6-8H2. The summed E-state index contributed by atoms with van der Waals surface area (Å²) in [6, 6.07) is 9.11. The summed E-state index contributed by atoms with van der Waals surface area (Å²) in [5, 5.41) is 7.75. The van der Waals surface area contributed by atoms with Gasteiger partial charge in [-0.25, -0.2) is 0 Å². The Morgan fingerprint density at radius 1 is 1.15 bits per heavy atom. The minimum Gasteiger partial charge on any atom is -0.370 e. The third-order valence-corrected chi connectivity index (χ3v) is 2.74. The van der Waals surface area contributed by atoms with Crippen LogP contribution in [0, 0.1) is 0 Å². The molecular weight excluding hydrogens is 295 g/mol. The Balaban J connectivity index is 2.03. The Morgan fingerprint density at radius 2 is 1.85 bits per heavy atom. The monoisotopic (exact) mass is 305 g/mol. The highest BCUT2D eigenvalue weighted by atomic mass is 35.5. The van der Waals surface area contributed by atoms with Crippen LogP contribution in [0.2, 0.25) is 5.28 Å². The summed E-state index contributed by atoms with van der Waals surface area (Å²) < 4.78 is 42.0. The van der Waals surface area contributed by atoms with E-state index in [0.717, 1.165) is 5.56 Å². The van der Waals surface area contributed by atoms with Crippen molar-refractivity contribution in [3.63, 3.8) is 0 Å². The average Bonchev–Trinajstić information content (AvgIpc) is 2.76. The van der Waals surface area contributed by atoms with Gasteiger partial charge in [0.15, 0.2) is 5.82 Å². The van der Waals surface area contributed by atoms with Gasteiger partial charge in [-0.05, 0) is 11.6 Å². The second-order valence-electron chi connectivity index (χ2n) is 3.98. The van der Waals surface area contributed by atoms with Crippen molar-refractivity contribution < 1.29 is 17.9 Å². The summed E-state index contributed by atoms with van der Waals surface area (Å²) in [5.74, 6) is 0.492. The predicted octanol–water partition coefficient (Wildman–Crippen LogP) is 3.18. The third kappa shape index (κ3) is 3.94. The Labute approximate surface area is 118 Å². The smallest absolute Gasteiger partial charge is 0.370 e. The van der Waals surface area contributed by atoms with E-state index in [0.29, 0.717) is 5.82 Å². The number of benzene rings is 1. The lowest BCUT2D eigenvalue weighted by Gasteiger charge is -2.10. The number of rotatable bonds is 5. The maximum atomic E-state index is 12.0. The van der Waals surface area contributed by atoms with Crippen LogP contribution in [0.25, 0.3) is 11.4 Å².